The molecular weight excluding hydrogens is 277 g/mol. The van der Waals surface area contributed by atoms with Crippen LogP contribution in [-0.2, 0) is 11.3 Å². The van der Waals surface area contributed by atoms with E-state index in [-0.39, 0.29) is 5.82 Å². The lowest BCUT2D eigenvalue weighted by atomic mass is 10.3. The van der Waals surface area contributed by atoms with Crippen LogP contribution in [0.4, 0.5) is 15.2 Å². The zero-order valence-corrected chi connectivity index (χ0v) is 12.4. The van der Waals surface area contributed by atoms with E-state index in [9.17, 15) is 4.39 Å². The van der Waals surface area contributed by atoms with Gasteiger partial charge in [-0.2, -0.15) is 0 Å². The van der Waals surface area contributed by atoms with E-state index in [1.165, 1.54) is 12.1 Å². The molecule has 0 saturated carbocycles. The number of anilines is 2. The number of ether oxygens (including phenoxy) is 1. The maximum Gasteiger partial charge on any atom is 0.189 e. The number of methoxy groups -OCH3 is 1. The Labute approximate surface area is 122 Å². The van der Waals surface area contributed by atoms with Crippen LogP contribution in [0.1, 0.15) is 5.69 Å². The van der Waals surface area contributed by atoms with Gasteiger partial charge in [-0.05, 0) is 18.2 Å². The van der Waals surface area contributed by atoms with Gasteiger partial charge in [-0.25, -0.2) is 9.37 Å². The number of rotatable bonds is 7. The molecule has 0 unspecified atom stereocenters. The van der Waals surface area contributed by atoms with Gasteiger partial charge in [0.1, 0.15) is 5.82 Å². The number of thiazole rings is 1. The molecule has 0 bridgehead atoms. The smallest absolute Gasteiger partial charge is 0.189 e. The summed E-state index contributed by atoms with van der Waals surface area (Å²) >= 11 is 1.54. The van der Waals surface area contributed by atoms with Crippen molar-refractivity contribution in [1.82, 2.24) is 10.3 Å². The quantitative estimate of drug-likeness (QED) is 0.797. The number of aromatic nitrogens is 1. The molecule has 1 aromatic heterocycles. The first-order chi connectivity index (χ1) is 9.70. The summed E-state index contributed by atoms with van der Waals surface area (Å²) in [7, 11) is 3.56. The fourth-order valence-corrected chi connectivity index (χ4v) is 2.53. The van der Waals surface area contributed by atoms with Gasteiger partial charge in [-0.1, -0.05) is 6.07 Å². The molecule has 0 aliphatic rings. The largest absolute Gasteiger partial charge is 0.383 e. The number of nitrogens with one attached hydrogen (secondary N) is 1. The Hall–Kier alpha value is -1.50. The van der Waals surface area contributed by atoms with Crippen LogP contribution in [-0.4, -0.2) is 32.3 Å². The monoisotopic (exact) mass is 295 g/mol. The molecule has 0 aliphatic heterocycles. The van der Waals surface area contributed by atoms with Crippen LogP contribution < -0.4 is 10.2 Å². The summed E-state index contributed by atoms with van der Waals surface area (Å²) in [6.07, 6.45) is 0. The molecular formula is C14H18FN3OS. The molecule has 1 aromatic carbocycles. The van der Waals surface area contributed by atoms with Crippen molar-refractivity contribution in [2.45, 2.75) is 6.54 Å². The van der Waals surface area contributed by atoms with E-state index in [0.717, 1.165) is 23.1 Å². The number of halogens is 1. The number of hydrogen-bond donors (Lipinski definition) is 1. The Bertz CT molecular complexity index is 547. The van der Waals surface area contributed by atoms with Crippen LogP contribution >= 0.6 is 11.3 Å². The predicted molar refractivity (Wildman–Crippen MR) is 80.2 cm³/mol. The van der Waals surface area contributed by atoms with Crippen molar-refractivity contribution < 1.29 is 9.13 Å². The summed E-state index contributed by atoms with van der Waals surface area (Å²) in [4.78, 5) is 6.41. The molecule has 0 atom stereocenters. The summed E-state index contributed by atoms with van der Waals surface area (Å²) in [5.74, 6) is -0.243. The SMILES string of the molecule is COCCNCc1csc(N(C)c2cccc(F)c2)n1. The number of benzene rings is 1. The van der Waals surface area contributed by atoms with Crippen molar-refractivity contribution in [3.63, 3.8) is 0 Å². The Balaban J connectivity index is 1.97. The highest BCUT2D eigenvalue weighted by molar-refractivity contribution is 7.13. The van der Waals surface area contributed by atoms with Crippen molar-refractivity contribution in [3.8, 4) is 0 Å². The minimum atomic E-state index is -0.243. The van der Waals surface area contributed by atoms with Crippen LogP contribution in [0, 0.1) is 5.82 Å². The topological polar surface area (TPSA) is 37.4 Å². The molecule has 6 heteroatoms. The lowest BCUT2D eigenvalue weighted by molar-refractivity contribution is 0.199. The van der Waals surface area contributed by atoms with Gasteiger partial charge in [0.2, 0.25) is 0 Å². The fourth-order valence-electron chi connectivity index (χ4n) is 1.72. The summed E-state index contributed by atoms with van der Waals surface area (Å²) in [5, 5.41) is 6.10. The predicted octanol–water partition coefficient (Wildman–Crippen LogP) is 2.79. The molecule has 2 aromatic rings. The number of nitrogens with zero attached hydrogens (tertiary/aromatic N) is 2. The first-order valence-electron chi connectivity index (χ1n) is 6.34. The highest BCUT2D eigenvalue weighted by Gasteiger charge is 2.09. The summed E-state index contributed by atoms with van der Waals surface area (Å²) in [6.45, 7) is 2.18. The number of hydrogen-bond acceptors (Lipinski definition) is 5. The Morgan fingerprint density at radius 1 is 1.45 bits per heavy atom. The second-order valence-electron chi connectivity index (χ2n) is 4.33. The minimum Gasteiger partial charge on any atom is -0.383 e. The molecule has 4 nitrogen and oxygen atoms in total. The van der Waals surface area contributed by atoms with Gasteiger partial charge >= 0.3 is 0 Å². The van der Waals surface area contributed by atoms with E-state index in [0.29, 0.717) is 13.2 Å². The van der Waals surface area contributed by atoms with Gasteiger partial charge in [0.05, 0.1) is 12.3 Å². The van der Waals surface area contributed by atoms with E-state index < -0.39 is 0 Å². The molecule has 20 heavy (non-hydrogen) atoms. The molecule has 1 heterocycles. The van der Waals surface area contributed by atoms with Gasteiger partial charge in [-0.15, -0.1) is 11.3 Å². The minimum absolute atomic E-state index is 0.243. The second kappa shape index (κ2) is 7.33. The first kappa shape index (κ1) is 14.9. The average molecular weight is 295 g/mol. The molecule has 1 N–H and O–H groups in total. The molecule has 2 rings (SSSR count). The van der Waals surface area contributed by atoms with Crippen molar-refractivity contribution in [2.75, 3.05) is 32.2 Å². The van der Waals surface area contributed by atoms with E-state index in [1.54, 1.807) is 24.5 Å². The highest BCUT2D eigenvalue weighted by Crippen LogP contribution is 2.27. The maximum absolute atomic E-state index is 13.2. The van der Waals surface area contributed by atoms with E-state index in [1.807, 2.05) is 23.4 Å². The normalized spacial score (nSPS) is 10.8. The highest BCUT2D eigenvalue weighted by atomic mass is 32.1. The van der Waals surface area contributed by atoms with Crippen LogP contribution in [0.15, 0.2) is 29.6 Å². The van der Waals surface area contributed by atoms with Gasteiger partial charge < -0.3 is 15.0 Å². The molecule has 0 aliphatic carbocycles. The Kier molecular flexibility index (Phi) is 5.46. The Morgan fingerprint density at radius 3 is 3.05 bits per heavy atom. The summed E-state index contributed by atoms with van der Waals surface area (Å²) in [6, 6.07) is 6.49. The van der Waals surface area contributed by atoms with Crippen LogP contribution in [0.25, 0.3) is 0 Å². The third-order valence-electron chi connectivity index (χ3n) is 2.81. The van der Waals surface area contributed by atoms with Gasteiger partial charge in [0, 0.05) is 38.3 Å². The van der Waals surface area contributed by atoms with Crippen molar-refractivity contribution in [2.24, 2.45) is 0 Å². The lowest BCUT2D eigenvalue weighted by Crippen LogP contribution is -2.18. The first-order valence-corrected chi connectivity index (χ1v) is 7.22. The average Bonchev–Trinajstić information content (AvgIpc) is 2.91. The van der Waals surface area contributed by atoms with Crippen molar-refractivity contribution >= 4 is 22.2 Å². The molecule has 0 radical (unpaired) electrons. The standard InChI is InChI=1S/C14H18FN3OS/c1-18(13-5-3-4-11(15)8-13)14-17-12(10-20-14)9-16-6-7-19-2/h3-5,8,10,16H,6-7,9H2,1-2H3. The maximum atomic E-state index is 13.2. The van der Waals surface area contributed by atoms with Gasteiger partial charge in [0.15, 0.2) is 5.13 Å². The van der Waals surface area contributed by atoms with Crippen LogP contribution in [0.3, 0.4) is 0 Å². The van der Waals surface area contributed by atoms with Gasteiger partial charge in [0.25, 0.3) is 0 Å². The molecule has 0 amide bonds. The third kappa shape index (κ3) is 4.00. The van der Waals surface area contributed by atoms with Crippen LogP contribution in [0.2, 0.25) is 0 Å². The molecule has 0 saturated heterocycles. The van der Waals surface area contributed by atoms with E-state index in [2.05, 4.69) is 10.3 Å². The zero-order chi connectivity index (χ0) is 14.4. The molecule has 0 spiro atoms. The fraction of sp³-hybridized carbons (Fsp3) is 0.357. The Morgan fingerprint density at radius 2 is 2.30 bits per heavy atom. The lowest BCUT2D eigenvalue weighted by Gasteiger charge is -2.15. The molecule has 0 fully saturated rings. The van der Waals surface area contributed by atoms with Gasteiger partial charge in [-0.3, -0.25) is 0 Å². The summed E-state index contributed by atoms with van der Waals surface area (Å²) < 4.78 is 18.2. The van der Waals surface area contributed by atoms with E-state index >= 15 is 0 Å². The zero-order valence-electron chi connectivity index (χ0n) is 11.6. The van der Waals surface area contributed by atoms with E-state index in [4.69, 9.17) is 4.74 Å². The second-order valence-corrected chi connectivity index (χ2v) is 5.17. The van der Waals surface area contributed by atoms with Crippen molar-refractivity contribution in [3.05, 3.63) is 41.2 Å². The van der Waals surface area contributed by atoms with Crippen LogP contribution in [0.5, 0.6) is 0 Å². The summed E-state index contributed by atoms with van der Waals surface area (Å²) in [5.41, 5.74) is 1.77. The van der Waals surface area contributed by atoms with Crippen molar-refractivity contribution in [1.29, 1.82) is 0 Å². The third-order valence-corrected chi connectivity index (χ3v) is 3.78. The molecule has 108 valence electrons.